The van der Waals surface area contributed by atoms with Crippen LogP contribution >= 0.6 is 0 Å². The molecule has 0 heterocycles. The molecule has 0 aliphatic heterocycles. The summed E-state index contributed by atoms with van der Waals surface area (Å²) in [6.45, 7) is 4.63. The molecular weight excluding hydrogens is 160 g/mol. The fraction of sp³-hybridized carbons (Fsp3) is 1.00. The Morgan fingerprint density at radius 2 is 2.15 bits per heavy atom. The molecule has 0 spiro atoms. The summed E-state index contributed by atoms with van der Waals surface area (Å²) in [6.07, 6.45) is 5.83. The molecule has 1 aliphatic rings. The van der Waals surface area contributed by atoms with E-state index in [1.165, 1.54) is 32.2 Å². The maximum absolute atomic E-state index is 3.19. The first kappa shape index (κ1) is 11.0. The van der Waals surface area contributed by atoms with Gasteiger partial charge in [0.2, 0.25) is 0 Å². The summed E-state index contributed by atoms with van der Waals surface area (Å²) in [4.78, 5) is 2.47. The van der Waals surface area contributed by atoms with Gasteiger partial charge in [-0.2, -0.15) is 0 Å². The van der Waals surface area contributed by atoms with Crippen LogP contribution in [0.1, 0.15) is 32.6 Å². The van der Waals surface area contributed by atoms with Crippen LogP contribution in [-0.2, 0) is 0 Å². The minimum absolute atomic E-state index is 0.763. The molecule has 1 atom stereocenters. The van der Waals surface area contributed by atoms with Crippen molar-refractivity contribution in [1.82, 2.24) is 10.2 Å². The van der Waals surface area contributed by atoms with Crippen molar-refractivity contribution >= 4 is 0 Å². The molecule has 13 heavy (non-hydrogen) atoms. The van der Waals surface area contributed by atoms with Crippen LogP contribution in [0.15, 0.2) is 0 Å². The second-order valence-electron chi connectivity index (χ2n) is 4.47. The lowest BCUT2D eigenvalue weighted by molar-refractivity contribution is 0.183. The molecule has 0 aromatic rings. The van der Waals surface area contributed by atoms with Crippen LogP contribution in [0.25, 0.3) is 0 Å². The van der Waals surface area contributed by atoms with Gasteiger partial charge >= 0.3 is 0 Å². The van der Waals surface area contributed by atoms with Crippen LogP contribution in [0.3, 0.4) is 0 Å². The van der Waals surface area contributed by atoms with Gasteiger partial charge in [0, 0.05) is 19.1 Å². The smallest absolute Gasteiger partial charge is 0.0106 e. The molecule has 0 aromatic carbocycles. The highest BCUT2D eigenvalue weighted by atomic mass is 15.1. The first-order valence-corrected chi connectivity index (χ1v) is 5.59. The molecule has 1 unspecified atom stereocenters. The third kappa shape index (κ3) is 3.65. The van der Waals surface area contributed by atoms with Crippen LogP contribution in [0.2, 0.25) is 0 Å². The summed E-state index contributed by atoms with van der Waals surface area (Å²) >= 11 is 0. The first-order chi connectivity index (χ1) is 6.24. The number of rotatable bonds is 6. The fourth-order valence-electron chi connectivity index (χ4n) is 1.90. The van der Waals surface area contributed by atoms with Crippen molar-refractivity contribution in [2.45, 2.75) is 38.6 Å². The third-order valence-corrected chi connectivity index (χ3v) is 3.37. The van der Waals surface area contributed by atoms with Gasteiger partial charge in [0.15, 0.2) is 0 Å². The summed E-state index contributed by atoms with van der Waals surface area (Å²) < 4.78 is 0. The maximum Gasteiger partial charge on any atom is 0.0106 e. The van der Waals surface area contributed by atoms with Crippen molar-refractivity contribution in [2.24, 2.45) is 5.92 Å². The van der Waals surface area contributed by atoms with Crippen LogP contribution in [0.5, 0.6) is 0 Å². The maximum atomic E-state index is 3.19. The number of nitrogens with zero attached hydrogens (tertiary/aromatic N) is 1. The minimum atomic E-state index is 0.763. The average Bonchev–Trinajstić information content (AvgIpc) is 2.06. The molecule has 0 saturated heterocycles. The van der Waals surface area contributed by atoms with Gasteiger partial charge in [-0.15, -0.1) is 0 Å². The zero-order valence-electron chi connectivity index (χ0n) is 9.34. The Bertz CT molecular complexity index is 132. The third-order valence-electron chi connectivity index (χ3n) is 3.37. The van der Waals surface area contributed by atoms with Crippen LogP contribution in [0.4, 0.5) is 0 Å². The minimum Gasteiger partial charge on any atom is -0.318 e. The zero-order chi connectivity index (χ0) is 9.68. The number of nitrogens with one attached hydrogen (secondary N) is 1. The fourth-order valence-corrected chi connectivity index (χ4v) is 1.90. The summed E-state index contributed by atoms with van der Waals surface area (Å²) in [5, 5.41) is 3.19. The second kappa shape index (κ2) is 5.61. The van der Waals surface area contributed by atoms with Gasteiger partial charge in [-0.1, -0.05) is 19.3 Å². The molecule has 1 rings (SSSR count). The Hall–Kier alpha value is -0.0800. The molecule has 1 aliphatic carbocycles. The van der Waals surface area contributed by atoms with Gasteiger partial charge in [-0.3, -0.25) is 0 Å². The molecule has 0 bridgehead atoms. The number of hydrogen-bond donors (Lipinski definition) is 1. The molecule has 1 fully saturated rings. The predicted molar refractivity (Wildman–Crippen MR) is 58.0 cm³/mol. The molecule has 0 radical (unpaired) electrons. The Balaban J connectivity index is 2.09. The molecule has 2 heteroatoms. The zero-order valence-corrected chi connectivity index (χ0v) is 9.34. The summed E-state index contributed by atoms with van der Waals surface area (Å²) in [5.41, 5.74) is 0. The van der Waals surface area contributed by atoms with Gasteiger partial charge in [-0.05, 0) is 33.4 Å². The van der Waals surface area contributed by atoms with E-state index in [1.807, 2.05) is 7.05 Å². The molecule has 2 nitrogen and oxygen atoms in total. The molecular formula is C11H24N2. The molecule has 1 N–H and O–H groups in total. The lowest BCUT2D eigenvalue weighted by atomic mass is 9.81. The number of hydrogen-bond acceptors (Lipinski definition) is 2. The largest absolute Gasteiger partial charge is 0.318 e. The monoisotopic (exact) mass is 184 g/mol. The van der Waals surface area contributed by atoms with Crippen LogP contribution < -0.4 is 5.32 Å². The van der Waals surface area contributed by atoms with Crippen molar-refractivity contribution in [3.05, 3.63) is 0 Å². The van der Waals surface area contributed by atoms with Gasteiger partial charge < -0.3 is 10.2 Å². The highest BCUT2D eigenvalue weighted by Crippen LogP contribution is 2.31. The highest BCUT2D eigenvalue weighted by Gasteiger charge is 2.21. The van der Waals surface area contributed by atoms with Crippen LogP contribution in [0, 0.1) is 5.92 Å². The van der Waals surface area contributed by atoms with E-state index in [-0.39, 0.29) is 0 Å². The topological polar surface area (TPSA) is 15.3 Å². The quantitative estimate of drug-likeness (QED) is 0.676. The molecule has 0 amide bonds. The van der Waals surface area contributed by atoms with Gasteiger partial charge in [0.25, 0.3) is 0 Å². The van der Waals surface area contributed by atoms with Crippen molar-refractivity contribution < 1.29 is 0 Å². The standard InChI is InChI=1S/C11H24N2/c1-10(9-11-5-4-6-11)13(3)8-7-12-2/h10-12H,4-9H2,1-3H3. The SMILES string of the molecule is CNCCN(C)C(C)CC1CCC1. The van der Waals surface area contributed by atoms with E-state index in [0.717, 1.165) is 18.5 Å². The summed E-state index contributed by atoms with van der Waals surface area (Å²) in [6, 6.07) is 0.763. The van der Waals surface area contributed by atoms with Crippen molar-refractivity contribution in [1.29, 1.82) is 0 Å². The van der Waals surface area contributed by atoms with Gasteiger partial charge in [0.05, 0.1) is 0 Å². The van der Waals surface area contributed by atoms with E-state index < -0.39 is 0 Å². The van der Waals surface area contributed by atoms with Gasteiger partial charge in [-0.25, -0.2) is 0 Å². The first-order valence-electron chi connectivity index (χ1n) is 5.59. The molecule has 1 saturated carbocycles. The van der Waals surface area contributed by atoms with Crippen molar-refractivity contribution in [3.8, 4) is 0 Å². The Morgan fingerprint density at radius 1 is 1.46 bits per heavy atom. The number of likely N-dealkylation sites (N-methyl/N-ethyl adjacent to an activating group) is 2. The van der Waals surface area contributed by atoms with Crippen molar-refractivity contribution in [2.75, 3.05) is 27.2 Å². The van der Waals surface area contributed by atoms with E-state index >= 15 is 0 Å². The predicted octanol–water partition coefficient (Wildman–Crippen LogP) is 1.72. The summed E-state index contributed by atoms with van der Waals surface area (Å²) in [5.74, 6) is 1.03. The highest BCUT2D eigenvalue weighted by molar-refractivity contribution is 4.75. The summed E-state index contributed by atoms with van der Waals surface area (Å²) in [7, 11) is 4.26. The Morgan fingerprint density at radius 3 is 2.62 bits per heavy atom. The van der Waals surface area contributed by atoms with Crippen molar-refractivity contribution in [3.63, 3.8) is 0 Å². The Labute approximate surface area is 82.7 Å². The lowest BCUT2D eigenvalue weighted by Crippen LogP contribution is -2.36. The van der Waals surface area contributed by atoms with Crippen LogP contribution in [-0.4, -0.2) is 38.1 Å². The second-order valence-corrected chi connectivity index (χ2v) is 4.47. The molecule has 0 aromatic heterocycles. The van der Waals surface area contributed by atoms with E-state index in [4.69, 9.17) is 0 Å². The lowest BCUT2D eigenvalue weighted by Gasteiger charge is -2.32. The van der Waals surface area contributed by atoms with E-state index in [1.54, 1.807) is 0 Å². The Kier molecular flexibility index (Phi) is 4.74. The molecule has 78 valence electrons. The van der Waals surface area contributed by atoms with E-state index in [0.29, 0.717) is 0 Å². The van der Waals surface area contributed by atoms with E-state index in [2.05, 4.69) is 24.2 Å². The normalized spacial score (nSPS) is 20.3. The van der Waals surface area contributed by atoms with E-state index in [9.17, 15) is 0 Å². The van der Waals surface area contributed by atoms with Gasteiger partial charge in [0.1, 0.15) is 0 Å². The average molecular weight is 184 g/mol.